The molecule has 0 saturated carbocycles. The number of ether oxygens (including phenoxy) is 1. The topological polar surface area (TPSA) is 67.4 Å². The molecule has 0 fully saturated rings. The Balaban J connectivity index is 2.01. The third kappa shape index (κ3) is 5.59. The van der Waals surface area contributed by atoms with E-state index in [4.69, 9.17) is 4.74 Å². The molecular formula is C20H23BrN2O3. The smallest absolute Gasteiger partial charge is 0.255 e. The zero-order chi connectivity index (χ0) is 19.1. The molecule has 2 rings (SSSR count). The monoisotopic (exact) mass is 418 g/mol. The van der Waals surface area contributed by atoms with Crippen molar-refractivity contribution in [3.05, 3.63) is 58.1 Å². The molecule has 138 valence electrons. The zero-order valence-corrected chi connectivity index (χ0v) is 16.7. The Morgan fingerprint density at radius 3 is 2.27 bits per heavy atom. The number of carbonyl (C=O) groups excluding carboxylic acids is 2. The summed E-state index contributed by atoms with van der Waals surface area (Å²) in [5, 5.41) is 5.37. The highest BCUT2D eigenvalue weighted by molar-refractivity contribution is 9.10. The normalized spacial score (nSPS) is 10.5. The molecule has 0 saturated heterocycles. The van der Waals surface area contributed by atoms with E-state index in [0.29, 0.717) is 29.3 Å². The van der Waals surface area contributed by atoms with Gasteiger partial charge in [0.2, 0.25) is 0 Å². The molecule has 0 aliphatic carbocycles. The third-order valence-electron chi connectivity index (χ3n) is 3.78. The molecule has 0 bridgehead atoms. The van der Waals surface area contributed by atoms with E-state index in [1.54, 1.807) is 49.5 Å². The van der Waals surface area contributed by atoms with Gasteiger partial charge in [0.1, 0.15) is 5.75 Å². The van der Waals surface area contributed by atoms with E-state index in [-0.39, 0.29) is 11.8 Å². The molecule has 0 unspecified atom stereocenters. The van der Waals surface area contributed by atoms with Crippen LogP contribution in [0.1, 0.15) is 41.0 Å². The molecule has 2 amide bonds. The minimum atomic E-state index is -0.230. The van der Waals surface area contributed by atoms with Crippen molar-refractivity contribution in [3.8, 4) is 5.75 Å². The highest BCUT2D eigenvalue weighted by Gasteiger charge is 2.11. The van der Waals surface area contributed by atoms with E-state index in [9.17, 15) is 9.59 Å². The summed E-state index contributed by atoms with van der Waals surface area (Å²) < 4.78 is 6.47. The predicted molar refractivity (Wildman–Crippen MR) is 107 cm³/mol. The van der Waals surface area contributed by atoms with Gasteiger partial charge in [-0.05, 0) is 70.7 Å². The largest absolute Gasteiger partial charge is 0.492 e. The molecule has 2 N–H and O–H groups in total. The second-order valence-corrected chi connectivity index (χ2v) is 7.14. The Bertz CT molecular complexity index is 773. The zero-order valence-electron chi connectivity index (χ0n) is 15.1. The van der Waals surface area contributed by atoms with Crippen LogP contribution in [0.25, 0.3) is 0 Å². The van der Waals surface area contributed by atoms with E-state index < -0.39 is 0 Å². The van der Waals surface area contributed by atoms with Crippen LogP contribution in [0.15, 0.2) is 46.9 Å². The van der Waals surface area contributed by atoms with E-state index in [1.807, 2.05) is 0 Å². The van der Waals surface area contributed by atoms with Gasteiger partial charge in [0.05, 0.1) is 11.1 Å². The maximum atomic E-state index is 12.4. The number of rotatable bonds is 7. The van der Waals surface area contributed by atoms with Crippen LogP contribution < -0.4 is 15.4 Å². The first kappa shape index (κ1) is 20.0. The first-order chi connectivity index (χ1) is 12.4. The molecule has 0 spiro atoms. The van der Waals surface area contributed by atoms with Crippen molar-refractivity contribution in [1.29, 1.82) is 0 Å². The lowest BCUT2D eigenvalue weighted by atomic mass is 10.1. The first-order valence-corrected chi connectivity index (χ1v) is 9.26. The van der Waals surface area contributed by atoms with E-state index >= 15 is 0 Å². The molecule has 0 aromatic heterocycles. The van der Waals surface area contributed by atoms with Crippen LogP contribution in [0.4, 0.5) is 5.69 Å². The molecule has 0 radical (unpaired) electrons. The lowest BCUT2D eigenvalue weighted by Crippen LogP contribution is -2.17. The summed E-state index contributed by atoms with van der Waals surface area (Å²) in [6, 6.07) is 12.0. The number of hydrogen-bond donors (Lipinski definition) is 2. The number of benzene rings is 2. The summed E-state index contributed by atoms with van der Waals surface area (Å²) in [4.78, 5) is 23.9. The summed E-state index contributed by atoms with van der Waals surface area (Å²) in [7, 11) is 1.58. The van der Waals surface area contributed by atoms with Gasteiger partial charge in [-0.2, -0.15) is 0 Å². The quantitative estimate of drug-likeness (QED) is 0.695. The molecule has 0 aliphatic rings. The van der Waals surface area contributed by atoms with Crippen molar-refractivity contribution in [2.24, 2.45) is 5.92 Å². The standard InChI is InChI=1S/C20H23BrN2O3/c1-13(2)10-11-26-18-9-6-15(12-17(18)21)20(25)23-16-7-4-14(5-8-16)19(24)22-3/h4-9,12-13H,10-11H2,1-3H3,(H,22,24)(H,23,25). The summed E-state index contributed by atoms with van der Waals surface area (Å²) in [5.74, 6) is 0.901. The van der Waals surface area contributed by atoms with Crippen LogP contribution in [-0.4, -0.2) is 25.5 Å². The molecule has 0 atom stereocenters. The fourth-order valence-corrected chi connectivity index (χ4v) is 2.71. The van der Waals surface area contributed by atoms with E-state index in [2.05, 4.69) is 40.4 Å². The van der Waals surface area contributed by atoms with Crippen molar-refractivity contribution >= 4 is 33.4 Å². The van der Waals surface area contributed by atoms with Gasteiger partial charge in [-0.15, -0.1) is 0 Å². The Hall–Kier alpha value is -2.34. The highest BCUT2D eigenvalue weighted by atomic mass is 79.9. The molecule has 6 heteroatoms. The molecule has 2 aromatic rings. The maximum absolute atomic E-state index is 12.4. The average Bonchev–Trinajstić information content (AvgIpc) is 2.62. The summed E-state index contributed by atoms with van der Waals surface area (Å²) >= 11 is 3.45. The van der Waals surface area contributed by atoms with Crippen LogP contribution in [0.5, 0.6) is 5.75 Å². The maximum Gasteiger partial charge on any atom is 0.255 e. The van der Waals surface area contributed by atoms with Gasteiger partial charge in [-0.3, -0.25) is 9.59 Å². The second kappa shape index (κ2) is 9.38. The van der Waals surface area contributed by atoms with Crippen molar-refractivity contribution in [2.75, 3.05) is 19.0 Å². The van der Waals surface area contributed by atoms with Crippen LogP contribution in [0, 0.1) is 5.92 Å². The van der Waals surface area contributed by atoms with Crippen molar-refractivity contribution in [1.82, 2.24) is 5.32 Å². The fraction of sp³-hybridized carbons (Fsp3) is 0.300. The molecule has 5 nitrogen and oxygen atoms in total. The number of amides is 2. The van der Waals surface area contributed by atoms with Gasteiger partial charge in [-0.1, -0.05) is 13.8 Å². The number of hydrogen-bond acceptors (Lipinski definition) is 3. The lowest BCUT2D eigenvalue weighted by Gasteiger charge is -2.11. The minimum Gasteiger partial charge on any atom is -0.492 e. The minimum absolute atomic E-state index is 0.167. The van der Waals surface area contributed by atoms with Crippen molar-refractivity contribution < 1.29 is 14.3 Å². The molecular weight excluding hydrogens is 396 g/mol. The number of anilines is 1. The second-order valence-electron chi connectivity index (χ2n) is 6.29. The van der Waals surface area contributed by atoms with Gasteiger partial charge >= 0.3 is 0 Å². The fourth-order valence-electron chi connectivity index (χ4n) is 2.22. The van der Waals surface area contributed by atoms with Gasteiger partial charge in [0.15, 0.2) is 0 Å². The van der Waals surface area contributed by atoms with Crippen LogP contribution in [-0.2, 0) is 0 Å². The van der Waals surface area contributed by atoms with Gasteiger partial charge in [0, 0.05) is 23.9 Å². The molecule has 2 aromatic carbocycles. The van der Waals surface area contributed by atoms with E-state index in [1.165, 1.54) is 0 Å². The third-order valence-corrected chi connectivity index (χ3v) is 4.40. The number of nitrogens with one attached hydrogen (secondary N) is 2. The van der Waals surface area contributed by atoms with Gasteiger partial charge in [-0.25, -0.2) is 0 Å². The van der Waals surface area contributed by atoms with Crippen LogP contribution in [0.3, 0.4) is 0 Å². The molecule has 0 heterocycles. The van der Waals surface area contributed by atoms with Crippen molar-refractivity contribution in [3.63, 3.8) is 0 Å². The summed E-state index contributed by atoms with van der Waals surface area (Å²) in [6.07, 6.45) is 0.973. The van der Waals surface area contributed by atoms with E-state index in [0.717, 1.165) is 16.6 Å². The number of carbonyl (C=O) groups is 2. The Kier molecular flexibility index (Phi) is 7.21. The van der Waals surface area contributed by atoms with Crippen molar-refractivity contribution in [2.45, 2.75) is 20.3 Å². The summed E-state index contributed by atoms with van der Waals surface area (Å²) in [6.45, 7) is 4.93. The van der Waals surface area contributed by atoms with Crippen LogP contribution in [0.2, 0.25) is 0 Å². The van der Waals surface area contributed by atoms with Gasteiger partial charge < -0.3 is 15.4 Å². The predicted octanol–water partition coefficient (Wildman–Crippen LogP) is 4.49. The van der Waals surface area contributed by atoms with Gasteiger partial charge in [0.25, 0.3) is 11.8 Å². The summed E-state index contributed by atoms with van der Waals surface area (Å²) in [5.41, 5.74) is 1.68. The number of halogens is 1. The first-order valence-electron chi connectivity index (χ1n) is 8.46. The Morgan fingerprint density at radius 1 is 1.04 bits per heavy atom. The SMILES string of the molecule is CNC(=O)c1ccc(NC(=O)c2ccc(OCCC(C)C)c(Br)c2)cc1. The highest BCUT2D eigenvalue weighted by Crippen LogP contribution is 2.27. The Labute approximate surface area is 162 Å². The Morgan fingerprint density at radius 2 is 1.69 bits per heavy atom. The lowest BCUT2D eigenvalue weighted by molar-refractivity contribution is 0.0962. The molecule has 26 heavy (non-hydrogen) atoms. The van der Waals surface area contributed by atoms with Crippen LogP contribution >= 0.6 is 15.9 Å². The molecule has 0 aliphatic heterocycles. The average molecular weight is 419 g/mol.